The molecule has 0 aliphatic heterocycles. The van der Waals surface area contributed by atoms with Crippen LogP contribution in [0.3, 0.4) is 0 Å². The molecule has 5 heteroatoms. The number of benzene rings is 8. The predicted molar refractivity (Wildman–Crippen MR) is 232 cm³/mol. The SMILES string of the molecule is C=C/C=C(\C=C)c1nc(-c2ccc(-c3cccc4c3oc3ccccc34)cc2)nc(-c2cc3c4ccccc4c4cccc5c4c3c(c2)n5-c2ccccc2)n1. The minimum Gasteiger partial charge on any atom is -0.455 e. The van der Waals surface area contributed by atoms with E-state index in [1.807, 2.05) is 24.3 Å². The Morgan fingerprint density at radius 1 is 0.518 bits per heavy atom. The summed E-state index contributed by atoms with van der Waals surface area (Å²) in [6, 6.07) is 53.2. The van der Waals surface area contributed by atoms with Crippen LogP contribution in [0.25, 0.3) is 110 Å². The lowest BCUT2D eigenvalue weighted by Crippen LogP contribution is -2.02. The van der Waals surface area contributed by atoms with E-state index in [4.69, 9.17) is 19.4 Å². The maximum atomic E-state index is 6.37. The molecule has 11 aromatic rings. The molecule has 0 aliphatic rings. The van der Waals surface area contributed by atoms with Crippen molar-refractivity contribution < 1.29 is 4.42 Å². The summed E-state index contributed by atoms with van der Waals surface area (Å²) >= 11 is 0. The first-order chi connectivity index (χ1) is 27.7. The summed E-state index contributed by atoms with van der Waals surface area (Å²) in [7, 11) is 0. The molecule has 0 bridgehead atoms. The summed E-state index contributed by atoms with van der Waals surface area (Å²) in [6.45, 7) is 8.03. The van der Waals surface area contributed by atoms with E-state index in [-0.39, 0.29) is 0 Å². The highest BCUT2D eigenvalue weighted by Crippen LogP contribution is 2.45. The fourth-order valence-corrected chi connectivity index (χ4v) is 8.46. The fourth-order valence-electron chi connectivity index (χ4n) is 8.46. The third-order valence-corrected chi connectivity index (χ3v) is 10.9. The van der Waals surface area contributed by atoms with Crippen molar-refractivity contribution in [3.8, 4) is 39.6 Å². The lowest BCUT2D eigenvalue weighted by Gasteiger charge is -2.12. The molecule has 11 rings (SSSR count). The summed E-state index contributed by atoms with van der Waals surface area (Å²) in [5, 5.41) is 9.49. The van der Waals surface area contributed by atoms with Crippen LogP contribution in [-0.2, 0) is 0 Å². The zero-order valence-electron chi connectivity index (χ0n) is 30.3. The Bertz CT molecular complexity index is 3390. The topological polar surface area (TPSA) is 56.7 Å². The van der Waals surface area contributed by atoms with E-state index in [2.05, 4.69) is 151 Å². The number of para-hydroxylation sites is 3. The van der Waals surface area contributed by atoms with E-state index < -0.39 is 0 Å². The number of nitrogens with zero attached hydrogens (tertiary/aromatic N) is 4. The molecule has 0 fully saturated rings. The van der Waals surface area contributed by atoms with Crippen LogP contribution in [0.2, 0.25) is 0 Å². The minimum absolute atomic E-state index is 0.524. The molecular weight excluding hydrogens is 685 g/mol. The summed E-state index contributed by atoms with van der Waals surface area (Å²) < 4.78 is 8.73. The molecule has 8 aromatic carbocycles. The molecule has 0 unspecified atom stereocenters. The van der Waals surface area contributed by atoms with Crippen molar-refractivity contribution in [3.05, 3.63) is 189 Å². The van der Waals surface area contributed by atoms with Crippen molar-refractivity contribution in [3.63, 3.8) is 0 Å². The van der Waals surface area contributed by atoms with Crippen molar-refractivity contribution >= 4 is 70.9 Å². The third kappa shape index (κ3) is 4.78. The average Bonchev–Trinajstić information content (AvgIpc) is 3.81. The molecule has 0 saturated heterocycles. The molecule has 262 valence electrons. The van der Waals surface area contributed by atoms with Gasteiger partial charge in [-0.15, -0.1) is 0 Å². The van der Waals surface area contributed by atoms with Crippen LogP contribution in [0.1, 0.15) is 5.82 Å². The van der Waals surface area contributed by atoms with Crippen molar-refractivity contribution in [1.82, 2.24) is 19.5 Å². The largest absolute Gasteiger partial charge is 0.455 e. The highest BCUT2D eigenvalue weighted by Gasteiger charge is 2.22. The van der Waals surface area contributed by atoms with Gasteiger partial charge in [0.15, 0.2) is 17.5 Å². The van der Waals surface area contributed by atoms with Gasteiger partial charge in [0.25, 0.3) is 0 Å². The van der Waals surface area contributed by atoms with Crippen LogP contribution in [0.5, 0.6) is 0 Å². The molecule has 0 spiro atoms. The molecule has 5 nitrogen and oxygen atoms in total. The van der Waals surface area contributed by atoms with E-state index in [0.29, 0.717) is 17.5 Å². The standard InChI is InChI=1S/C51H32N4O/c1-3-14-31(4-2)49-52-50(33-27-25-32(26-28-33)36-20-12-22-41-39-19-10-11-24-45(39)56-48(36)41)54-51(53-49)34-29-42-38-18-9-8-17-37(38)40-21-13-23-43-46(40)47(42)44(30-34)55(43)35-15-6-5-7-16-35/h3-30H,1-2H2/b31-14+. The minimum atomic E-state index is 0.524. The summed E-state index contributed by atoms with van der Waals surface area (Å²) in [4.78, 5) is 15.3. The summed E-state index contributed by atoms with van der Waals surface area (Å²) in [5.41, 5.74) is 9.70. The van der Waals surface area contributed by atoms with Gasteiger partial charge in [0, 0.05) is 49.5 Å². The maximum Gasteiger partial charge on any atom is 0.164 e. The number of allylic oxidation sites excluding steroid dienone is 4. The fraction of sp³-hybridized carbons (Fsp3) is 0. The highest BCUT2D eigenvalue weighted by molar-refractivity contribution is 6.35. The van der Waals surface area contributed by atoms with E-state index in [1.54, 1.807) is 12.2 Å². The summed E-state index contributed by atoms with van der Waals surface area (Å²) in [6.07, 6.45) is 5.38. The van der Waals surface area contributed by atoms with E-state index >= 15 is 0 Å². The van der Waals surface area contributed by atoms with Crippen LogP contribution >= 0.6 is 0 Å². The first-order valence-electron chi connectivity index (χ1n) is 18.7. The van der Waals surface area contributed by atoms with E-state index in [9.17, 15) is 0 Å². The lowest BCUT2D eigenvalue weighted by molar-refractivity contribution is 0.670. The Morgan fingerprint density at radius 2 is 1.16 bits per heavy atom. The van der Waals surface area contributed by atoms with Crippen LogP contribution in [0, 0.1) is 0 Å². The monoisotopic (exact) mass is 716 g/mol. The molecule has 3 heterocycles. The Kier molecular flexibility index (Phi) is 7.09. The molecule has 0 amide bonds. The van der Waals surface area contributed by atoms with Gasteiger partial charge in [-0.05, 0) is 63.5 Å². The Hall–Kier alpha value is -7.63. The number of fused-ring (bicyclic) bond motifs is 6. The molecule has 0 atom stereocenters. The molecule has 0 saturated carbocycles. The first kappa shape index (κ1) is 31.9. The Morgan fingerprint density at radius 3 is 1.95 bits per heavy atom. The first-order valence-corrected chi connectivity index (χ1v) is 18.7. The highest BCUT2D eigenvalue weighted by atomic mass is 16.3. The van der Waals surface area contributed by atoms with Crippen LogP contribution in [0.15, 0.2) is 187 Å². The number of hydrogen-bond acceptors (Lipinski definition) is 4. The zero-order chi connectivity index (χ0) is 37.3. The molecule has 0 N–H and O–H groups in total. The second-order valence-corrected chi connectivity index (χ2v) is 14.1. The number of furan rings is 1. The van der Waals surface area contributed by atoms with Gasteiger partial charge in [0.2, 0.25) is 0 Å². The molecular formula is C51H32N4O. The van der Waals surface area contributed by atoms with Gasteiger partial charge >= 0.3 is 0 Å². The van der Waals surface area contributed by atoms with Crippen molar-refractivity contribution in [2.24, 2.45) is 0 Å². The van der Waals surface area contributed by atoms with Gasteiger partial charge in [0.05, 0.1) is 11.0 Å². The van der Waals surface area contributed by atoms with Gasteiger partial charge in [0.1, 0.15) is 11.2 Å². The smallest absolute Gasteiger partial charge is 0.164 e. The van der Waals surface area contributed by atoms with Gasteiger partial charge in [-0.3, -0.25) is 0 Å². The Labute approximate surface area is 322 Å². The molecule has 0 radical (unpaired) electrons. The summed E-state index contributed by atoms with van der Waals surface area (Å²) in [5.74, 6) is 1.66. The van der Waals surface area contributed by atoms with Gasteiger partial charge in [-0.1, -0.05) is 147 Å². The van der Waals surface area contributed by atoms with Crippen LogP contribution < -0.4 is 0 Å². The number of hydrogen-bond donors (Lipinski definition) is 0. The molecule has 56 heavy (non-hydrogen) atoms. The van der Waals surface area contributed by atoms with Crippen LogP contribution in [-0.4, -0.2) is 19.5 Å². The average molecular weight is 717 g/mol. The van der Waals surface area contributed by atoms with Gasteiger partial charge < -0.3 is 8.98 Å². The molecule has 3 aromatic heterocycles. The van der Waals surface area contributed by atoms with E-state index in [1.165, 1.54) is 26.9 Å². The van der Waals surface area contributed by atoms with Gasteiger partial charge in [-0.25, -0.2) is 15.0 Å². The normalized spacial score (nSPS) is 12.2. The Balaban J connectivity index is 1.13. The predicted octanol–water partition coefficient (Wildman–Crippen LogP) is 13.4. The van der Waals surface area contributed by atoms with Gasteiger partial charge in [-0.2, -0.15) is 0 Å². The van der Waals surface area contributed by atoms with Crippen molar-refractivity contribution in [2.45, 2.75) is 0 Å². The zero-order valence-corrected chi connectivity index (χ0v) is 30.3. The second-order valence-electron chi connectivity index (χ2n) is 14.1. The van der Waals surface area contributed by atoms with Crippen molar-refractivity contribution in [1.29, 1.82) is 0 Å². The lowest BCUT2D eigenvalue weighted by atomic mass is 9.93. The quantitative estimate of drug-likeness (QED) is 0.122. The number of rotatable bonds is 7. The molecule has 0 aliphatic carbocycles. The maximum absolute atomic E-state index is 6.37. The van der Waals surface area contributed by atoms with Crippen molar-refractivity contribution in [2.75, 3.05) is 0 Å². The number of aromatic nitrogens is 4. The van der Waals surface area contributed by atoms with Crippen LogP contribution in [0.4, 0.5) is 0 Å². The third-order valence-electron chi connectivity index (χ3n) is 10.9. The van der Waals surface area contributed by atoms with E-state index in [0.717, 1.165) is 71.9 Å². The second kappa shape index (κ2) is 12.5.